The van der Waals surface area contributed by atoms with Crippen LogP contribution in [0.15, 0.2) is 46.6 Å². The molecule has 1 nitrogen and oxygen atoms in total. The minimum atomic E-state index is -0.442. The predicted octanol–water partition coefficient (Wildman–Crippen LogP) is 5.73. The first-order valence-corrected chi connectivity index (χ1v) is 7.60. The standard InChI is InChI=1S/C19H32O/c1-15(2)9-7-10-17(5)11-8-12-18(6)14-19(20)13-16(3)4/h9,11,13-14,19-20H,7-8,10,12H2,1-6H3. The van der Waals surface area contributed by atoms with E-state index < -0.39 is 6.10 Å². The fraction of sp³-hybridized carbons (Fsp3) is 0.579. The molecule has 1 N–H and O–H groups in total. The first-order valence-electron chi connectivity index (χ1n) is 7.60. The molecule has 0 aliphatic rings. The van der Waals surface area contributed by atoms with E-state index in [9.17, 15) is 5.11 Å². The summed E-state index contributed by atoms with van der Waals surface area (Å²) in [4.78, 5) is 0. The second kappa shape index (κ2) is 10.7. The van der Waals surface area contributed by atoms with Crippen molar-refractivity contribution in [3.8, 4) is 0 Å². The van der Waals surface area contributed by atoms with E-state index in [4.69, 9.17) is 0 Å². The van der Waals surface area contributed by atoms with E-state index in [1.54, 1.807) is 0 Å². The van der Waals surface area contributed by atoms with Gasteiger partial charge in [-0.1, -0.05) is 46.6 Å². The Kier molecular flexibility index (Phi) is 10.1. The highest BCUT2D eigenvalue weighted by Gasteiger charge is 1.97. The summed E-state index contributed by atoms with van der Waals surface area (Å²) in [6, 6.07) is 0. The number of hydrogen-bond acceptors (Lipinski definition) is 1. The highest BCUT2D eigenvalue weighted by atomic mass is 16.3. The summed E-state index contributed by atoms with van der Waals surface area (Å²) in [5.41, 5.74) is 5.25. The molecule has 0 fully saturated rings. The lowest BCUT2D eigenvalue weighted by atomic mass is 10.1. The average Bonchev–Trinajstić information content (AvgIpc) is 2.26. The molecule has 0 amide bonds. The second-order valence-electron chi connectivity index (χ2n) is 6.16. The topological polar surface area (TPSA) is 20.2 Å². The minimum absolute atomic E-state index is 0.442. The molecule has 114 valence electrons. The molecule has 0 aliphatic heterocycles. The number of aliphatic hydroxyl groups is 1. The maximum absolute atomic E-state index is 9.79. The normalized spacial score (nSPS) is 13.9. The quantitative estimate of drug-likeness (QED) is 0.561. The lowest BCUT2D eigenvalue weighted by Crippen LogP contribution is -1.98. The molecule has 0 aromatic heterocycles. The summed E-state index contributed by atoms with van der Waals surface area (Å²) < 4.78 is 0. The Hall–Kier alpha value is -1.08. The number of allylic oxidation sites excluding steroid dienone is 6. The lowest BCUT2D eigenvalue weighted by molar-refractivity contribution is 0.269. The highest BCUT2D eigenvalue weighted by Crippen LogP contribution is 2.12. The number of aliphatic hydroxyl groups excluding tert-OH is 1. The molecule has 20 heavy (non-hydrogen) atoms. The Labute approximate surface area is 125 Å². The summed E-state index contributed by atoms with van der Waals surface area (Å²) in [5.74, 6) is 0. The fourth-order valence-corrected chi connectivity index (χ4v) is 2.00. The number of rotatable bonds is 8. The van der Waals surface area contributed by atoms with Crippen molar-refractivity contribution in [3.05, 3.63) is 46.6 Å². The highest BCUT2D eigenvalue weighted by molar-refractivity contribution is 5.12. The van der Waals surface area contributed by atoms with Crippen LogP contribution >= 0.6 is 0 Å². The summed E-state index contributed by atoms with van der Waals surface area (Å²) in [5, 5.41) is 9.79. The molecule has 0 radical (unpaired) electrons. The van der Waals surface area contributed by atoms with Gasteiger partial charge in [0.05, 0.1) is 6.10 Å². The Bertz CT molecular complexity index is 386. The van der Waals surface area contributed by atoms with Gasteiger partial charge in [0, 0.05) is 0 Å². The molecule has 0 heterocycles. The van der Waals surface area contributed by atoms with Crippen molar-refractivity contribution < 1.29 is 5.11 Å². The van der Waals surface area contributed by atoms with E-state index in [0.29, 0.717) is 0 Å². The van der Waals surface area contributed by atoms with Crippen LogP contribution in [-0.4, -0.2) is 11.2 Å². The molecule has 1 heteroatoms. The van der Waals surface area contributed by atoms with Crippen LogP contribution in [0.4, 0.5) is 0 Å². The first-order chi connectivity index (χ1) is 9.31. The zero-order chi connectivity index (χ0) is 15.5. The Morgan fingerprint density at radius 2 is 1.30 bits per heavy atom. The van der Waals surface area contributed by atoms with Crippen molar-refractivity contribution in [2.75, 3.05) is 0 Å². The number of hydrogen-bond donors (Lipinski definition) is 1. The molecule has 0 aromatic carbocycles. The summed E-state index contributed by atoms with van der Waals surface area (Å²) in [6.45, 7) is 12.6. The van der Waals surface area contributed by atoms with Crippen LogP contribution in [0.2, 0.25) is 0 Å². The van der Waals surface area contributed by atoms with Gasteiger partial charge in [0.1, 0.15) is 0 Å². The molecule has 1 atom stereocenters. The Balaban J connectivity index is 4.12. The molecule has 0 spiro atoms. The van der Waals surface area contributed by atoms with E-state index >= 15 is 0 Å². The van der Waals surface area contributed by atoms with Gasteiger partial charge < -0.3 is 5.11 Å². The van der Waals surface area contributed by atoms with Gasteiger partial charge >= 0.3 is 0 Å². The molecule has 1 unspecified atom stereocenters. The van der Waals surface area contributed by atoms with Crippen LogP contribution < -0.4 is 0 Å². The second-order valence-corrected chi connectivity index (χ2v) is 6.16. The molecular formula is C19H32O. The fourth-order valence-electron chi connectivity index (χ4n) is 2.00. The van der Waals surface area contributed by atoms with Gasteiger partial charge in [0.25, 0.3) is 0 Å². The van der Waals surface area contributed by atoms with Crippen LogP contribution in [0, 0.1) is 0 Å². The monoisotopic (exact) mass is 276 g/mol. The van der Waals surface area contributed by atoms with E-state index in [0.717, 1.165) is 31.3 Å². The maximum atomic E-state index is 9.79. The minimum Gasteiger partial charge on any atom is -0.385 e. The smallest absolute Gasteiger partial charge is 0.0907 e. The van der Waals surface area contributed by atoms with E-state index in [1.165, 1.54) is 16.7 Å². The molecule has 0 saturated heterocycles. The molecule has 0 aromatic rings. The van der Waals surface area contributed by atoms with Crippen LogP contribution in [-0.2, 0) is 0 Å². The van der Waals surface area contributed by atoms with E-state index in [-0.39, 0.29) is 0 Å². The Morgan fingerprint density at radius 3 is 1.85 bits per heavy atom. The molecule has 0 saturated carbocycles. The largest absolute Gasteiger partial charge is 0.385 e. The van der Waals surface area contributed by atoms with E-state index in [2.05, 4.69) is 39.8 Å². The van der Waals surface area contributed by atoms with Gasteiger partial charge in [-0.3, -0.25) is 0 Å². The van der Waals surface area contributed by atoms with Crippen LogP contribution in [0.25, 0.3) is 0 Å². The van der Waals surface area contributed by atoms with Crippen LogP contribution in [0.3, 0.4) is 0 Å². The first kappa shape index (κ1) is 18.9. The molecule has 0 bridgehead atoms. The molecule has 0 aliphatic carbocycles. The predicted molar refractivity (Wildman–Crippen MR) is 90.9 cm³/mol. The van der Waals surface area contributed by atoms with Gasteiger partial charge in [0.15, 0.2) is 0 Å². The van der Waals surface area contributed by atoms with Crippen molar-refractivity contribution in [2.24, 2.45) is 0 Å². The Morgan fingerprint density at radius 1 is 0.750 bits per heavy atom. The van der Waals surface area contributed by atoms with Gasteiger partial charge in [-0.25, -0.2) is 0 Å². The summed E-state index contributed by atoms with van der Waals surface area (Å²) in [6.07, 6.45) is 12.4. The zero-order valence-electron chi connectivity index (χ0n) is 14.2. The van der Waals surface area contributed by atoms with Crippen molar-refractivity contribution in [1.29, 1.82) is 0 Å². The van der Waals surface area contributed by atoms with Crippen LogP contribution in [0.1, 0.15) is 67.2 Å². The SMILES string of the molecule is CC(C)=CCCC(C)=CCCC(C)=CC(O)C=C(C)C. The summed E-state index contributed by atoms with van der Waals surface area (Å²) >= 11 is 0. The van der Waals surface area contributed by atoms with Gasteiger partial charge in [-0.2, -0.15) is 0 Å². The van der Waals surface area contributed by atoms with Gasteiger partial charge in [-0.05, 0) is 67.2 Å². The third kappa shape index (κ3) is 12.0. The van der Waals surface area contributed by atoms with Gasteiger partial charge in [-0.15, -0.1) is 0 Å². The van der Waals surface area contributed by atoms with Gasteiger partial charge in [0.2, 0.25) is 0 Å². The van der Waals surface area contributed by atoms with Crippen molar-refractivity contribution in [3.63, 3.8) is 0 Å². The average molecular weight is 276 g/mol. The van der Waals surface area contributed by atoms with E-state index in [1.807, 2.05) is 26.0 Å². The summed E-state index contributed by atoms with van der Waals surface area (Å²) in [7, 11) is 0. The maximum Gasteiger partial charge on any atom is 0.0907 e. The molecular weight excluding hydrogens is 244 g/mol. The van der Waals surface area contributed by atoms with Crippen LogP contribution in [0.5, 0.6) is 0 Å². The third-order valence-corrected chi connectivity index (χ3v) is 3.08. The van der Waals surface area contributed by atoms with Crippen molar-refractivity contribution in [2.45, 2.75) is 73.3 Å². The third-order valence-electron chi connectivity index (χ3n) is 3.08. The molecule has 0 rings (SSSR count). The lowest BCUT2D eigenvalue weighted by Gasteiger charge is -2.04. The zero-order valence-corrected chi connectivity index (χ0v) is 14.2. The van der Waals surface area contributed by atoms with Crippen molar-refractivity contribution in [1.82, 2.24) is 0 Å². The van der Waals surface area contributed by atoms with Crippen molar-refractivity contribution >= 4 is 0 Å².